The Hall–Kier alpha value is -3.12. The number of carbonyl (C=O) groups is 2. The monoisotopic (exact) mass is 409 g/mol. The van der Waals surface area contributed by atoms with Crippen LogP contribution in [0.4, 0.5) is 0 Å². The van der Waals surface area contributed by atoms with Crippen LogP contribution in [-0.4, -0.2) is 49.1 Å². The second-order valence-corrected chi connectivity index (χ2v) is 7.40. The van der Waals surface area contributed by atoms with E-state index in [9.17, 15) is 14.7 Å². The van der Waals surface area contributed by atoms with E-state index in [4.69, 9.17) is 9.47 Å². The fourth-order valence-electron chi connectivity index (χ4n) is 3.86. The zero-order valence-corrected chi connectivity index (χ0v) is 17.8. The zero-order valence-electron chi connectivity index (χ0n) is 17.8. The lowest BCUT2D eigenvalue weighted by Gasteiger charge is -2.26. The van der Waals surface area contributed by atoms with Gasteiger partial charge in [0.15, 0.2) is 0 Å². The fourth-order valence-corrected chi connectivity index (χ4v) is 3.86. The highest BCUT2D eigenvalue weighted by Gasteiger charge is 2.46. The van der Waals surface area contributed by atoms with Gasteiger partial charge in [0, 0.05) is 20.3 Å². The molecule has 1 unspecified atom stereocenters. The van der Waals surface area contributed by atoms with Crippen molar-refractivity contribution >= 4 is 17.4 Å². The normalized spacial score (nSPS) is 18.1. The van der Waals surface area contributed by atoms with Gasteiger partial charge in [0.1, 0.15) is 11.5 Å². The molecule has 0 aromatic heterocycles. The second kappa shape index (κ2) is 9.13. The van der Waals surface area contributed by atoms with Crippen molar-refractivity contribution in [3.63, 3.8) is 0 Å². The zero-order chi connectivity index (χ0) is 21.8. The molecule has 1 saturated heterocycles. The highest BCUT2D eigenvalue weighted by molar-refractivity contribution is 6.46. The SMILES string of the molecule is COCCCN1C(=O)C(=O)/C(=C(/O)c2cc(C)ccc2OC)C1c1ccccc1C. The Balaban J connectivity index is 2.21. The van der Waals surface area contributed by atoms with Gasteiger partial charge in [-0.1, -0.05) is 35.9 Å². The third-order valence-electron chi connectivity index (χ3n) is 5.38. The van der Waals surface area contributed by atoms with E-state index in [1.165, 1.54) is 12.0 Å². The van der Waals surface area contributed by atoms with Crippen LogP contribution in [0.3, 0.4) is 0 Å². The number of hydrogen-bond acceptors (Lipinski definition) is 5. The van der Waals surface area contributed by atoms with E-state index < -0.39 is 17.7 Å². The largest absolute Gasteiger partial charge is 0.507 e. The summed E-state index contributed by atoms with van der Waals surface area (Å²) in [5.41, 5.74) is 3.12. The summed E-state index contributed by atoms with van der Waals surface area (Å²) in [6.45, 7) is 4.63. The third kappa shape index (κ3) is 3.96. The number of ketones is 1. The lowest BCUT2D eigenvalue weighted by molar-refractivity contribution is -0.140. The number of amides is 1. The number of aliphatic hydroxyl groups is 1. The first-order chi connectivity index (χ1) is 14.4. The number of aliphatic hydroxyl groups excluding tert-OH is 1. The van der Waals surface area contributed by atoms with Crippen LogP contribution in [0.2, 0.25) is 0 Å². The molecule has 1 atom stereocenters. The number of carbonyl (C=O) groups excluding carboxylic acids is 2. The predicted molar refractivity (Wildman–Crippen MR) is 114 cm³/mol. The minimum atomic E-state index is -0.693. The summed E-state index contributed by atoms with van der Waals surface area (Å²) >= 11 is 0. The summed E-state index contributed by atoms with van der Waals surface area (Å²) in [6.07, 6.45) is 0.583. The molecule has 1 heterocycles. The van der Waals surface area contributed by atoms with Gasteiger partial charge in [0.25, 0.3) is 11.7 Å². The van der Waals surface area contributed by atoms with Gasteiger partial charge in [-0.3, -0.25) is 9.59 Å². The van der Waals surface area contributed by atoms with Gasteiger partial charge < -0.3 is 19.5 Å². The van der Waals surface area contributed by atoms with E-state index in [1.54, 1.807) is 19.2 Å². The second-order valence-electron chi connectivity index (χ2n) is 7.40. The van der Waals surface area contributed by atoms with E-state index in [2.05, 4.69) is 0 Å². The van der Waals surface area contributed by atoms with Crippen LogP contribution < -0.4 is 4.74 Å². The molecule has 6 nitrogen and oxygen atoms in total. The highest BCUT2D eigenvalue weighted by Crippen LogP contribution is 2.42. The summed E-state index contributed by atoms with van der Waals surface area (Å²) in [5, 5.41) is 11.2. The van der Waals surface area contributed by atoms with E-state index >= 15 is 0 Å². The van der Waals surface area contributed by atoms with Gasteiger partial charge in [-0.05, 0) is 43.5 Å². The van der Waals surface area contributed by atoms with E-state index in [1.807, 2.05) is 44.2 Å². The first kappa shape index (κ1) is 21.6. The number of Topliss-reactive ketones (excluding diaryl/α,β-unsaturated/α-hetero) is 1. The number of methoxy groups -OCH3 is 2. The lowest BCUT2D eigenvalue weighted by Crippen LogP contribution is -2.31. The Bertz CT molecular complexity index is 995. The molecule has 1 fully saturated rings. The molecule has 0 radical (unpaired) electrons. The van der Waals surface area contributed by atoms with E-state index in [0.29, 0.717) is 30.9 Å². The number of aryl methyl sites for hydroxylation is 2. The lowest BCUT2D eigenvalue weighted by atomic mass is 9.92. The van der Waals surface area contributed by atoms with Crippen molar-refractivity contribution in [1.82, 2.24) is 4.90 Å². The molecular weight excluding hydrogens is 382 g/mol. The van der Waals surface area contributed by atoms with Crippen LogP contribution in [-0.2, 0) is 14.3 Å². The molecule has 2 aromatic carbocycles. The third-order valence-corrected chi connectivity index (χ3v) is 5.38. The number of ether oxygens (including phenoxy) is 2. The maximum absolute atomic E-state index is 13.1. The Morgan fingerprint density at radius 1 is 1.10 bits per heavy atom. The molecule has 6 heteroatoms. The van der Waals surface area contributed by atoms with Crippen molar-refractivity contribution in [3.05, 3.63) is 70.3 Å². The van der Waals surface area contributed by atoms with Crippen LogP contribution in [0.1, 0.15) is 34.7 Å². The van der Waals surface area contributed by atoms with Crippen LogP contribution in [0.25, 0.3) is 5.76 Å². The molecule has 0 aliphatic carbocycles. The topological polar surface area (TPSA) is 76.1 Å². The van der Waals surface area contributed by atoms with Crippen molar-refractivity contribution < 1.29 is 24.2 Å². The highest BCUT2D eigenvalue weighted by atomic mass is 16.5. The molecule has 0 bridgehead atoms. The molecule has 1 aliphatic heterocycles. The standard InChI is InChI=1S/C24H27NO5/c1-15-10-11-19(30-4)18(14-15)22(26)20-21(17-9-6-5-8-16(17)2)25(12-7-13-29-3)24(28)23(20)27/h5-6,8-11,14,21,26H,7,12-13H2,1-4H3/b22-20+. The number of hydrogen-bond donors (Lipinski definition) is 1. The summed E-state index contributed by atoms with van der Waals surface area (Å²) in [7, 11) is 3.10. The smallest absolute Gasteiger partial charge is 0.295 e. The first-order valence-electron chi connectivity index (χ1n) is 9.88. The molecule has 0 spiro atoms. The van der Waals surface area contributed by atoms with Crippen molar-refractivity contribution in [2.75, 3.05) is 27.4 Å². The Morgan fingerprint density at radius 2 is 1.83 bits per heavy atom. The number of nitrogens with zero attached hydrogens (tertiary/aromatic N) is 1. The summed E-state index contributed by atoms with van der Waals surface area (Å²) < 4.78 is 10.5. The molecule has 1 aliphatic rings. The molecule has 30 heavy (non-hydrogen) atoms. The van der Waals surface area contributed by atoms with E-state index in [0.717, 1.165) is 16.7 Å². The average molecular weight is 409 g/mol. The van der Waals surface area contributed by atoms with Crippen molar-refractivity contribution in [2.45, 2.75) is 26.3 Å². The maximum atomic E-state index is 13.1. The Kier molecular flexibility index (Phi) is 6.57. The quantitative estimate of drug-likeness (QED) is 0.326. The van der Waals surface area contributed by atoms with Crippen molar-refractivity contribution in [1.29, 1.82) is 0 Å². The van der Waals surface area contributed by atoms with Gasteiger partial charge in [-0.25, -0.2) is 0 Å². The van der Waals surface area contributed by atoms with Gasteiger partial charge >= 0.3 is 0 Å². The van der Waals surface area contributed by atoms with Crippen LogP contribution >= 0.6 is 0 Å². The molecule has 3 rings (SSSR count). The van der Waals surface area contributed by atoms with Crippen LogP contribution in [0.15, 0.2) is 48.0 Å². The van der Waals surface area contributed by atoms with Gasteiger partial charge in [-0.2, -0.15) is 0 Å². The Morgan fingerprint density at radius 3 is 2.50 bits per heavy atom. The van der Waals surface area contributed by atoms with Crippen LogP contribution in [0, 0.1) is 13.8 Å². The summed E-state index contributed by atoms with van der Waals surface area (Å²) in [6, 6.07) is 12.3. The van der Waals surface area contributed by atoms with Crippen molar-refractivity contribution in [2.24, 2.45) is 0 Å². The molecule has 2 aromatic rings. The number of benzene rings is 2. The van der Waals surface area contributed by atoms with Gasteiger partial charge in [-0.15, -0.1) is 0 Å². The number of likely N-dealkylation sites (tertiary alicyclic amines) is 1. The first-order valence-corrected chi connectivity index (χ1v) is 9.88. The fraction of sp³-hybridized carbons (Fsp3) is 0.333. The number of rotatable bonds is 7. The van der Waals surface area contributed by atoms with Gasteiger partial charge in [0.05, 0.1) is 24.3 Å². The van der Waals surface area contributed by atoms with Gasteiger partial charge in [0.2, 0.25) is 0 Å². The summed E-state index contributed by atoms with van der Waals surface area (Å²) in [5.74, 6) is -1.10. The minimum Gasteiger partial charge on any atom is -0.507 e. The summed E-state index contributed by atoms with van der Waals surface area (Å²) in [4.78, 5) is 27.5. The molecule has 1 amide bonds. The van der Waals surface area contributed by atoms with Crippen molar-refractivity contribution in [3.8, 4) is 5.75 Å². The minimum absolute atomic E-state index is 0.0793. The Labute approximate surface area is 176 Å². The van der Waals surface area contributed by atoms with Crippen LogP contribution in [0.5, 0.6) is 5.75 Å². The predicted octanol–water partition coefficient (Wildman–Crippen LogP) is 3.77. The molecule has 158 valence electrons. The molecule has 0 saturated carbocycles. The maximum Gasteiger partial charge on any atom is 0.295 e. The molecular formula is C24H27NO5. The van der Waals surface area contributed by atoms with E-state index in [-0.39, 0.29) is 11.3 Å². The average Bonchev–Trinajstić information content (AvgIpc) is 2.98. The molecule has 1 N–H and O–H groups in total.